The highest BCUT2D eigenvalue weighted by atomic mass is 16.8. The number of ether oxygens (including phenoxy) is 4. The summed E-state index contributed by atoms with van der Waals surface area (Å²) >= 11 is 0. The molecule has 0 saturated carbocycles. The van der Waals surface area contributed by atoms with Crippen molar-refractivity contribution in [2.45, 2.75) is 42.7 Å². The second kappa shape index (κ2) is 4.52. The van der Waals surface area contributed by atoms with Crippen LogP contribution in [0.5, 0.6) is 0 Å². The predicted octanol–water partition coefficient (Wildman–Crippen LogP) is -0.899. The minimum Gasteiger partial charge on any atom is -0.438 e. The molecule has 0 unspecified atom stereocenters. The number of hydrogen-bond donors (Lipinski definition) is 0. The van der Waals surface area contributed by atoms with Crippen molar-refractivity contribution in [3.63, 3.8) is 0 Å². The van der Waals surface area contributed by atoms with Gasteiger partial charge in [-0.2, -0.15) is 5.26 Å². The van der Waals surface area contributed by atoms with Gasteiger partial charge in [-0.1, -0.05) is 12.2 Å². The van der Waals surface area contributed by atoms with Crippen LogP contribution in [0.3, 0.4) is 0 Å². The van der Waals surface area contributed by atoms with E-state index in [1.54, 1.807) is 13.1 Å². The topological polar surface area (TPSA) is 98.1 Å². The molecule has 0 aromatic heterocycles. The van der Waals surface area contributed by atoms with E-state index in [-0.39, 0.29) is 25.0 Å². The van der Waals surface area contributed by atoms with Gasteiger partial charge in [-0.05, 0) is 0 Å². The molecule has 8 nitrogen and oxygen atoms in total. The molecule has 22 heavy (non-hydrogen) atoms. The normalized spacial score (nSPS) is 45.2. The van der Waals surface area contributed by atoms with Crippen molar-refractivity contribution in [3.05, 3.63) is 12.2 Å². The second-order valence-corrected chi connectivity index (χ2v) is 5.87. The quantitative estimate of drug-likeness (QED) is 0.481. The Morgan fingerprint density at radius 3 is 2.91 bits per heavy atom. The fraction of sp³-hybridized carbons (Fsp3) is 0.643. The lowest BCUT2D eigenvalue weighted by atomic mass is 9.90. The molecule has 6 atom stereocenters. The second-order valence-electron chi connectivity index (χ2n) is 5.87. The van der Waals surface area contributed by atoms with Crippen LogP contribution in [0, 0.1) is 11.3 Å². The first-order valence-electron chi connectivity index (χ1n) is 7.06. The third-order valence-corrected chi connectivity index (χ3v) is 4.40. The van der Waals surface area contributed by atoms with E-state index in [9.17, 15) is 14.9 Å². The van der Waals surface area contributed by atoms with Crippen LogP contribution in [0.1, 0.15) is 6.42 Å². The van der Waals surface area contributed by atoms with Gasteiger partial charge < -0.3 is 23.8 Å². The molecule has 4 aliphatic rings. The molecule has 0 aromatic carbocycles. The summed E-state index contributed by atoms with van der Waals surface area (Å²) in [6, 6.07) is 2.03. The zero-order valence-corrected chi connectivity index (χ0v) is 11.8. The van der Waals surface area contributed by atoms with Crippen molar-refractivity contribution in [1.82, 2.24) is 4.90 Å². The maximum Gasteiger partial charge on any atom is 0.340 e. The average molecular weight is 306 g/mol. The summed E-state index contributed by atoms with van der Waals surface area (Å²) in [6.45, 7) is 0.263. The molecule has 4 bridgehead atoms. The number of hydrogen-bond acceptors (Lipinski definition) is 7. The highest BCUT2D eigenvalue weighted by Crippen LogP contribution is 2.40. The number of nitriles is 1. The Labute approximate surface area is 126 Å². The Balaban J connectivity index is 1.52. The molecule has 116 valence electrons. The number of likely N-dealkylation sites (N-methyl/N-ethyl adjacent to an activating group) is 1. The van der Waals surface area contributed by atoms with E-state index in [0.29, 0.717) is 0 Å². The molecule has 1 amide bonds. The van der Waals surface area contributed by atoms with Gasteiger partial charge in [0.25, 0.3) is 5.91 Å². The highest BCUT2D eigenvalue weighted by Gasteiger charge is 2.57. The Morgan fingerprint density at radius 1 is 1.45 bits per heavy atom. The fourth-order valence-electron chi connectivity index (χ4n) is 3.26. The van der Waals surface area contributed by atoms with Crippen LogP contribution in [-0.4, -0.2) is 66.7 Å². The van der Waals surface area contributed by atoms with Crippen LogP contribution >= 0.6 is 0 Å². The lowest BCUT2D eigenvalue weighted by Crippen LogP contribution is -2.50. The van der Waals surface area contributed by atoms with Crippen LogP contribution in [0.2, 0.25) is 0 Å². The molecule has 0 aromatic rings. The van der Waals surface area contributed by atoms with Crippen LogP contribution < -0.4 is 0 Å². The van der Waals surface area contributed by atoms with Gasteiger partial charge in [0.05, 0.1) is 12.6 Å². The summed E-state index contributed by atoms with van der Waals surface area (Å²) in [5.74, 6) is -1.09. The van der Waals surface area contributed by atoms with Gasteiger partial charge in [0, 0.05) is 13.5 Å². The Hall–Kier alpha value is -1.95. The summed E-state index contributed by atoms with van der Waals surface area (Å²) < 4.78 is 21.7. The minimum atomic E-state index is -1.36. The van der Waals surface area contributed by atoms with Crippen molar-refractivity contribution in [1.29, 1.82) is 5.26 Å². The van der Waals surface area contributed by atoms with Crippen LogP contribution in [0.25, 0.3) is 0 Å². The number of esters is 1. The molecule has 4 heterocycles. The third-order valence-electron chi connectivity index (χ3n) is 4.40. The first-order valence-corrected chi connectivity index (χ1v) is 7.06. The van der Waals surface area contributed by atoms with Crippen LogP contribution in [0.15, 0.2) is 12.2 Å². The number of nitrogens with zero attached hydrogens (tertiary/aromatic N) is 2. The zero-order valence-electron chi connectivity index (χ0n) is 11.8. The number of carbonyl (C=O) groups is 2. The molecule has 0 aliphatic carbocycles. The van der Waals surface area contributed by atoms with Gasteiger partial charge in [0.15, 0.2) is 18.5 Å². The lowest BCUT2D eigenvalue weighted by molar-refractivity contribution is -0.170. The number of amides is 1. The Bertz CT molecular complexity index is 613. The molecule has 8 heteroatoms. The smallest absolute Gasteiger partial charge is 0.340 e. The van der Waals surface area contributed by atoms with Crippen molar-refractivity contribution in [2.24, 2.45) is 0 Å². The number of rotatable bonds is 2. The summed E-state index contributed by atoms with van der Waals surface area (Å²) in [6.07, 6.45) is 0.253. The molecular weight excluding hydrogens is 292 g/mol. The molecule has 3 saturated heterocycles. The van der Waals surface area contributed by atoms with Gasteiger partial charge in [0.1, 0.15) is 12.2 Å². The van der Waals surface area contributed by atoms with Gasteiger partial charge in [0.2, 0.25) is 5.60 Å². The van der Waals surface area contributed by atoms with Crippen molar-refractivity contribution in [2.75, 3.05) is 13.6 Å². The summed E-state index contributed by atoms with van der Waals surface area (Å²) in [7, 11) is 1.62. The van der Waals surface area contributed by atoms with Gasteiger partial charge >= 0.3 is 5.97 Å². The van der Waals surface area contributed by atoms with Gasteiger partial charge in [-0.25, -0.2) is 4.79 Å². The Kier molecular flexibility index (Phi) is 2.81. The van der Waals surface area contributed by atoms with Crippen molar-refractivity contribution < 1.29 is 28.5 Å². The average Bonchev–Trinajstić information content (AvgIpc) is 3.18. The van der Waals surface area contributed by atoms with Crippen LogP contribution in [-0.2, 0) is 28.5 Å². The number of fused-ring (bicyclic) bond motifs is 4. The Morgan fingerprint density at radius 2 is 2.27 bits per heavy atom. The van der Waals surface area contributed by atoms with Gasteiger partial charge in [-0.15, -0.1) is 0 Å². The SMILES string of the molecule is CN1C[C@@H]2O[C@@H](C(=O)O[C@]3(C#N)C[C@@H]4C=C[C@H]3O4)[C@@H](O2)C1=O. The molecular formula is C14H14N2O6. The molecule has 4 aliphatic heterocycles. The lowest BCUT2D eigenvalue weighted by Gasteiger charge is -2.28. The summed E-state index contributed by atoms with van der Waals surface area (Å²) in [5.41, 5.74) is -1.36. The summed E-state index contributed by atoms with van der Waals surface area (Å²) in [4.78, 5) is 25.9. The maximum atomic E-state index is 12.4. The number of carbonyl (C=O) groups excluding carboxylic acids is 2. The first-order chi connectivity index (χ1) is 10.5. The first kappa shape index (κ1) is 13.7. The maximum absolute atomic E-state index is 12.4. The molecule has 0 radical (unpaired) electrons. The van der Waals surface area contributed by atoms with Gasteiger partial charge in [-0.3, -0.25) is 4.79 Å². The van der Waals surface area contributed by atoms with E-state index in [1.165, 1.54) is 4.90 Å². The summed E-state index contributed by atoms with van der Waals surface area (Å²) in [5, 5.41) is 9.42. The minimum absolute atomic E-state index is 0.217. The van der Waals surface area contributed by atoms with E-state index in [2.05, 4.69) is 0 Å². The van der Waals surface area contributed by atoms with E-state index in [1.807, 2.05) is 12.1 Å². The molecule has 4 rings (SSSR count). The van der Waals surface area contributed by atoms with E-state index >= 15 is 0 Å². The molecule has 3 fully saturated rings. The zero-order chi connectivity index (χ0) is 15.5. The number of morpholine rings is 1. The third kappa shape index (κ3) is 1.80. The predicted molar refractivity (Wildman–Crippen MR) is 68.0 cm³/mol. The van der Waals surface area contributed by atoms with E-state index in [0.717, 1.165) is 0 Å². The standard InChI is InChI=1S/C14H14N2O6/c1-16-5-9-20-10(12(16)17)11(21-9)13(18)22-14(6-15)4-7-2-3-8(14)19-7/h2-3,7-11H,4-5H2,1H3/t7-,8+,9-,10+,11+,14-/m0/s1. The van der Waals surface area contributed by atoms with E-state index < -0.39 is 36.2 Å². The van der Waals surface area contributed by atoms with Crippen LogP contribution in [0.4, 0.5) is 0 Å². The van der Waals surface area contributed by atoms with E-state index in [4.69, 9.17) is 18.9 Å². The molecule has 0 spiro atoms. The van der Waals surface area contributed by atoms with Crippen molar-refractivity contribution in [3.8, 4) is 6.07 Å². The largest absolute Gasteiger partial charge is 0.438 e. The fourth-order valence-corrected chi connectivity index (χ4v) is 3.26. The molecule has 0 N–H and O–H groups in total. The highest BCUT2D eigenvalue weighted by molar-refractivity contribution is 5.90. The monoisotopic (exact) mass is 306 g/mol. The van der Waals surface area contributed by atoms with Crippen molar-refractivity contribution >= 4 is 11.9 Å².